The highest BCUT2D eigenvalue weighted by Crippen LogP contribution is 2.30. The first-order valence-corrected chi connectivity index (χ1v) is 7.43. The average molecular weight is 355 g/mol. The average Bonchev–Trinajstić information content (AvgIpc) is 3.02. The van der Waals surface area contributed by atoms with E-state index >= 15 is 0 Å². The summed E-state index contributed by atoms with van der Waals surface area (Å²) in [5.74, 6) is -1.49. The van der Waals surface area contributed by atoms with Gasteiger partial charge in [0.2, 0.25) is 0 Å². The van der Waals surface area contributed by atoms with E-state index in [9.17, 15) is 22.8 Å². The number of rotatable bonds is 6. The van der Waals surface area contributed by atoms with Gasteiger partial charge in [-0.05, 0) is 37.6 Å². The Bertz CT molecular complexity index is 771. The van der Waals surface area contributed by atoms with Crippen LogP contribution in [0.2, 0.25) is 0 Å². The van der Waals surface area contributed by atoms with Crippen LogP contribution in [0.4, 0.5) is 13.2 Å². The van der Waals surface area contributed by atoms with Crippen molar-refractivity contribution in [1.82, 2.24) is 15.1 Å². The fraction of sp³-hybridized carbons (Fsp3) is 0.312. The number of alkyl halides is 3. The lowest BCUT2D eigenvalue weighted by Gasteiger charge is -2.11. The van der Waals surface area contributed by atoms with Crippen molar-refractivity contribution < 1.29 is 27.9 Å². The third kappa shape index (κ3) is 5.07. The summed E-state index contributed by atoms with van der Waals surface area (Å²) in [5.41, 5.74) is -0.610. The van der Waals surface area contributed by atoms with Gasteiger partial charge in [-0.1, -0.05) is 6.07 Å². The predicted octanol–water partition coefficient (Wildman–Crippen LogP) is 2.87. The van der Waals surface area contributed by atoms with Crippen LogP contribution in [0.3, 0.4) is 0 Å². The molecule has 0 radical (unpaired) electrons. The number of nitrogens with one attached hydrogen (secondary N) is 1. The first kappa shape index (κ1) is 18.5. The highest BCUT2D eigenvalue weighted by atomic mass is 19.4. The van der Waals surface area contributed by atoms with Crippen LogP contribution in [0.25, 0.3) is 5.69 Å². The van der Waals surface area contributed by atoms with Gasteiger partial charge in [0.25, 0.3) is 5.91 Å². The molecular formula is C16H16F3N3O3. The van der Waals surface area contributed by atoms with Crippen molar-refractivity contribution in [2.75, 3.05) is 0 Å². The third-order valence-electron chi connectivity index (χ3n) is 3.43. The molecule has 1 heterocycles. The van der Waals surface area contributed by atoms with Gasteiger partial charge in [-0.3, -0.25) is 9.59 Å². The summed E-state index contributed by atoms with van der Waals surface area (Å²) >= 11 is 0. The standard InChI is InChI=1S/C16H16F3N3O3/c1-10(5-6-14(23)24)20-15(25)13-7-8-22(21-13)12-4-2-3-11(9-12)16(17,18)19/h2-4,7-10H,5-6H2,1H3,(H,20,25)(H,23,24). The predicted molar refractivity (Wildman–Crippen MR) is 82.4 cm³/mol. The second-order valence-electron chi connectivity index (χ2n) is 5.50. The Balaban J connectivity index is 2.09. The molecule has 0 saturated carbocycles. The van der Waals surface area contributed by atoms with Gasteiger partial charge in [0.1, 0.15) is 0 Å². The topological polar surface area (TPSA) is 84.2 Å². The molecule has 9 heteroatoms. The summed E-state index contributed by atoms with van der Waals surface area (Å²) in [5, 5.41) is 15.2. The second kappa shape index (κ2) is 7.37. The van der Waals surface area contributed by atoms with Crippen LogP contribution in [0.1, 0.15) is 35.8 Å². The highest BCUT2D eigenvalue weighted by molar-refractivity contribution is 5.92. The maximum Gasteiger partial charge on any atom is 0.416 e. The number of hydrogen-bond acceptors (Lipinski definition) is 3. The molecule has 2 rings (SSSR count). The Morgan fingerprint density at radius 1 is 1.32 bits per heavy atom. The Morgan fingerprint density at radius 2 is 2.04 bits per heavy atom. The minimum Gasteiger partial charge on any atom is -0.481 e. The monoisotopic (exact) mass is 355 g/mol. The van der Waals surface area contributed by atoms with Crippen molar-refractivity contribution in [2.24, 2.45) is 0 Å². The summed E-state index contributed by atoms with van der Waals surface area (Å²) in [6.45, 7) is 1.66. The number of amides is 1. The van der Waals surface area contributed by atoms with Gasteiger partial charge in [0.05, 0.1) is 11.3 Å². The van der Waals surface area contributed by atoms with Gasteiger partial charge in [-0.25, -0.2) is 4.68 Å². The number of carbonyl (C=O) groups excluding carboxylic acids is 1. The largest absolute Gasteiger partial charge is 0.481 e. The lowest BCUT2D eigenvalue weighted by atomic mass is 10.2. The molecule has 134 valence electrons. The molecule has 25 heavy (non-hydrogen) atoms. The maximum absolute atomic E-state index is 12.8. The molecule has 0 spiro atoms. The minimum absolute atomic E-state index is 0.0274. The molecule has 1 amide bonds. The van der Waals surface area contributed by atoms with Gasteiger partial charge < -0.3 is 10.4 Å². The van der Waals surface area contributed by atoms with E-state index in [1.165, 1.54) is 29.1 Å². The van der Waals surface area contributed by atoms with Gasteiger partial charge in [0, 0.05) is 18.7 Å². The molecule has 1 atom stereocenters. The molecule has 2 aromatic rings. The van der Waals surface area contributed by atoms with Crippen molar-refractivity contribution in [3.63, 3.8) is 0 Å². The number of aromatic nitrogens is 2. The van der Waals surface area contributed by atoms with Crippen molar-refractivity contribution in [3.8, 4) is 5.69 Å². The Morgan fingerprint density at radius 3 is 2.68 bits per heavy atom. The number of halogens is 3. The van der Waals surface area contributed by atoms with Crippen LogP contribution in [-0.4, -0.2) is 32.8 Å². The van der Waals surface area contributed by atoms with Gasteiger partial charge in [0.15, 0.2) is 5.69 Å². The number of nitrogens with zero attached hydrogens (tertiary/aromatic N) is 2. The lowest BCUT2D eigenvalue weighted by Crippen LogP contribution is -2.33. The molecule has 1 aromatic heterocycles. The van der Waals surface area contributed by atoms with Crippen LogP contribution in [0.5, 0.6) is 0 Å². The maximum atomic E-state index is 12.8. The first-order chi connectivity index (χ1) is 11.7. The molecule has 1 unspecified atom stereocenters. The quantitative estimate of drug-likeness (QED) is 0.835. The zero-order valence-corrected chi connectivity index (χ0v) is 13.2. The smallest absolute Gasteiger partial charge is 0.416 e. The van der Waals surface area contributed by atoms with E-state index < -0.39 is 23.6 Å². The lowest BCUT2D eigenvalue weighted by molar-refractivity contribution is -0.138. The molecule has 0 aliphatic carbocycles. The summed E-state index contributed by atoms with van der Waals surface area (Å²) in [6.07, 6.45) is -2.91. The van der Waals surface area contributed by atoms with Crippen LogP contribution < -0.4 is 5.32 Å². The zero-order chi connectivity index (χ0) is 18.6. The first-order valence-electron chi connectivity index (χ1n) is 7.43. The van der Waals surface area contributed by atoms with E-state index in [2.05, 4.69) is 10.4 Å². The number of carboxylic acid groups (broad SMARTS) is 1. The van der Waals surface area contributed by atoms with E-state index in [0.717, 1.165) is 12.1 Å². The Labute approximate surface area is 141 Å². The van der Waals surface area contributed by atoms with E-state index in [1.54, 1.807) is 6.92 Å². The number of carboxylic acids is 1. The summed E-state index contributed by atoms with van der Waals surface area (Å²) < 4.78 is 39.4. The van der Waals surface area contributed by atoms with Crippen LogP contribution in [-0.2, 0) is 11.0 Å². The van der Waals surface area contributed by atoms with Crippen molar-refractivity contribution in [1.29, 1.82) is 0 Å². The zero-order valence-electron chi connectivity index (χ0n) is 13.2. The summed E-state index contributed by atoms with van der Waals surface area (Å²) in [6, 6.07) is 5.59. The number of aliphatic carboxylic acids is 1. The van der Waals surface area contributed by atoms with Crippen molar-refractivity contribution in [2.45, 2.75) is 32.0 Å². The normalized spacial score (nSPS) is 12.6. The number of benzene rings is 1. The fourth-order valence-corrected chi connectivity index (χ4v) is 2.12. The van der Waals surface area contributed by atoms with E-state index in [4.69, 9.17) is 5.11 Å². The van der Waals surface area contributed by atoms with Gasteiger partial charge in [-0.2, -0.15) is 18.3 Å². The number of carbonyl (C=O) groups is 2. The van der Waals surface area contributed by atoms with Crippen LogP contribution in [0, 0.1) is 0 Å². The molecule has 0 aliphatic heterocycles. The SMILES string of the molecule is CC(CCC(=O)O)NC(=O)c1ccn(-c2cccc(C(F)(F)F)c2)n1. The molecule has 0 bridgehead atoms. The molecule has 0 saturated heterocycles. The van der Waals surface area contributed by atoms with Gasteiger partial charge in [-0.15, -0.1) is 0 Å². The minimum atomic E-state index is -4.47. The molecule has 0 fully saturated rings. The van der Waals surface area contributed by atoms with Crippen molar-refractivity contribution in [3.05, 3.63) is 47.8 Å². The van der Waals surface area contributed by atoms with Gasteiger partial charge >= 0.3 is 12.1 Å². The molecule has 6 nitrogen and oxygen atoms in total. The molecule has 1 aromatic carbocycles. The Hall–Kier alpha value is -2.84. The van der Waals surface area contributed by atoms with Crippen molar-refractivity contribution >= 4 is 11.9 Å². The second-order valence-corrected chi connectivity index (χ2v) is 5.50. The molecule has 2 N–H and O–H groups in total. The Kier molecular flexibility index (Phi) is 5.45. The summed E-state index contributed by atoms with van der Waals surface area (Å²) in [4.78, 5) is 22.6. The molecular weight excluding hydrogens is 339 g/mol. The van der Waals surface area contributed by atoms with E-state index in [1.807, 2.05) is 0 Å². The van der Waals surface area contributed by atoms with E-state index in [0.29, 0.717) is 0 Å². The fourth-order valence-electron chi connectivity index (χ4n) is 2.12. The summed E-state index contributed by atoms with van der Waals surface area (Å²) in [7, 11) is 0. The highest BCUT2D eigenvalue weighted by Gasteiger charge is 2.30. The van der Waals surface area contributed by atoms with E-state index in [-0.39, 0.29) is 30.3 Å². The third-order valence-corrected chi connectivity index (χ3v) is 3.43. The number of hydrogen-bond donors (Lipinski definition) is 2. The van der Waals surface area contributed by atoms with Crippen LogP contribution >= 0.6 is 0 Å². The van der Waals surface area contributed by atoms with Crippen LogP contribution in [0.15, 0.2) is 36.5 Å². The molecule has 0 aliphatic rings.